The second kappa shape index (κ2) is 6.70. The van der Waals surface area contributed by atoms with Crippen LogP contribution in [0.4, 0.5) is 0 Å². The Kier molecular flexibility index (Phi) is 4.24. The number of aromatic nitrogens is 4. The largest absolute Gasteiger partial charge is 0.395 e. The third-order valence-corrected chi connectivity index (χ3v) is 4.34. The van der Waals surface area contributed by atoms with Gasteiger partial charge in [0, 0.05) is 26.0 Å². The Balaban J connectivity index is 2.04. The number of nitrogens with zero attached hydrogens (tertiary/aromatic N) is 4. The molecule has 0 bridgehead atoms. The number of pyridine rings is 1. The fourth-order valence-electron chi connectivity index (χ4n) is 3.18. The van der Waals surface area contributed by atoms with Crippen LogP contribution in [-0.2, 0) is 17.9 Å². The van der Waals surface area contributed by atoms with Crippen molar-refractivity contribution in [2.75, 3.05) is 13.7 Å². The SMILES string of the molecule is COCc1nn2c(ncc3c(=O)n(CCO)ccc32)c1-c1ccccc1. The molecule has 0 aliphatic rings. The molecule has 3 heterocycles. The highest BCUT2D eigenvalue weighted by molar-refractivity contribution is 5.86. The molecule has 7 nitrogen and oxygen atoms in total. The number of hydrogen-bond acceptors (Lipinski definition) is 5. The molecule has 0 saturated carbocycles. The Labute approximate surface area is 149 Å². The van der Waals surface area contributed by atoms with Crippen molar-refractivity contribution in [3.05, 3.63) is 64.8 Å². The van der Waals surface area contributed by atoms with Crippen LogP contribution in [0.3, 0.4) is 0 Å². The highest BCUT2D eigenvalue weighted by Gasteiger charge is 2.18. The number of ether oxygens (including phenoxy) is 1. The third kappa shape index (κ3) is 2.58. The Morgan fingerprint density at radius 2 is 2.00 bits per heavy atom. The second-order valence-corrected chi connectivity index (χ2v) is 5.95. The van der Waals surface area contributed by atoms with E-state index < -0.39 is 0 Å². The monoisotopic (exact) mass is 350 g/mol. The zero-order chi connectivity index (χ0) is 18.1. The molecule has 1 aromatic carbocycles. The first kappa shape index (κ1) is 16.4. The summed E-state index contributed by atoms with van der Waals surface area (Å²) in [6.45, 7) is 0.492. The third-order valence-electron chi connectivity index (χ3n) is 4.34. The van der Waals surface area contributed by atoms with Crippen LogP contribution in [0.25, 0.3) is 27.7 Å². The molecular formula is C19H18N4O3. The Morgan fingerprint density at radius 3 is 2.73 bits per heavy atom. The summed E-state index contributed by atoms with van der Waals surface area (Å²) in [5, 5.41) is 14.2. The molecule has 0 fully saturated rings. The number of hydrogen-bond donors (Lipinski definition) is 1. The fraction of sp³-hybridized carbons (Fsp3) is 0.211. The lowest BCUT2D eigenvalue weighted by molar-refractivity contribution is 0.181. The number of aliphatic hydroxyl groups is 1. The Bertz CT molecular complexity index is 1130. The lowest BCUT2D eigenvalue weighted by atomic mass is 10.1. The van der Waals surface area contributed by atoms with E-state index in [1.165, 1.54) is 4.57 Å². The van der Waals surface area contributed by atoms with Crippen molar-refractivity contribution in [2.45, 2.75) is 13.2 Å². The summed E-state index contributed by atoms with van der Waals surface area (Å²) in [7, 11) is 1.62. The second-order valence-electron chi connectivity index (χ2n) is 5.95. The molecule has 7 heteroatoms. The zero-order valence-electron chi connectivity index (χ0n) is 14.3. The summed E-state index contributed by atoms with van der Waals surface area (Å²) in [6, 6.07) is 11.7. The smallest absolute Gasteiger partial charge is 0.261 e. The minimum atomic E-state index is -0.198. The molecule has 132 valence electrons. The van der Waals surface area contributed by atoms with Crippen molar-refractivity contribution in [3.63, 3.8) is 0 Å². The molecule has 0 aliphatic carbocycles. The molecule has 0 spiro atoms. The summed E-state index contributed by atoms with van der Waals surface area (Å²) in [4.78, 5) is 17.1. The van der Waals surface area contributed by atoms with Crippen LogP contribution in [0.5, 0.6) is 0 Å². The highest BCUT2D eigenvalue weighted by Crippen LogP contribution is 2.29. The number of aliphatic hydroxyl groups excluding tert-OH is 1. The predicted octanol–water partition coefficient (Wildman–Crippen LogP) is 1.85. The van der Waals surface area contributed by atoms with Crippen LogP contribution in [0, 0.1) is 0 Å². The Morgan fingerprint density at radius 1 is 1.19 bits per heavy atom. The van der Waals surface area contributed by atoms with Gasteiger partial charge in [-0.15, -0.1) is 0 Å². The topological polar surface area (TPSA) is 81.7 Å². The van der Waals surface area contributed by atoms with Crippen LogP contribution >= 0.6 is 0 Å². The van der Waals surface area contributed by atoms with E-state index in [-0.39, 0.29) is 18.7 Å². The van der Waals surface area contributed by atoms with Crippen LogP contribution < -0.4 is 5.56 Å². The van der Waals surface area contributed by atoms with Gasteiger partial charge in [0.1, 0.15) is 0 Å². The molecule has 0 saturated heterocycles. The van der Waals surface area contributed by atoms with Gasteiger partial charge in [-0.05, 0) is 11.6 Å². The summed E-state index contributed by atoms with van der Waals surface area (Å²) < 4.78 is 8.47. The number of rotatable bonds is 5. The summed E-state index contributed by atoms with van der Waals surface area (Å²) in [5.41, 5.74) is 3.81. The molecule has 4 aromatic rings. The number of fused-ring (bicyclic) bond motifs is 3. The number of methoxy groups -OCH3 is 1. The standard InChI is InChI=1S/C19H18N4O3/c1-26-12-15-17(13-5-3-2-4-6-13)18-20-11-14-16(23(18)21-15)7-8-22(9-10-24)19(14)25/h2-8,11,24H,9-10,12H2,1H3. The van der Waals surface area contributed by atoms with E-state index >= 15 is 0 Å². The average molecular weight is 350 g/mol. The molecule has 0 unspecified atom stereocenters. The highest BCUT2D eigenvalue weighted by atomic mass is 16.5. The minimum absolute atomic E-state index is 0.0982. The maximum atomic E-state index is 12.6. The quantitative estimate of drug-likeness (QED) is 0.594. The van der Waals surface area contributed by atoms with Gasteiger partial charge in [-0.2, -0.15) is 5.10 Å². The van der Waals surface area contributed by atoms with E-state index in [2.05, 4.69) is 10.1 Å². The summed E-state index contributed by atoms with van der Waals surface area (Å²) in [5.74, 6) is 0. The van der Waals surface area contributed by atoms with Crippen molar-refractivity contribution in [2.24, 2.45) is 0 Å². The number of benzene rings is 1. The van der Waals surface area contributed by atoms with Gasteiger partial charge < -0.3 is 14.4 Å². The summed E-state index contributed by atoms with van der Waals surface area (Å²) in [6.07, 6.45) is 3.24. The van der Waals surface area contributed by atoms with Gasteiger partial charge in [0.2, 0.25) is 0 Å². The van der Waals surface area contributed by atoms with E-state index in [1.54, 1.807) is 24.0 Å². The van der Waals surface area contributed by atoms with E-state index in [9.17, 15) is 4.79 Å². The molecule has 0 radical (unpaired) electrons. The van der Waals surface area contributed by atoms with Crippen LogP contribution in [0.2, 0.25) is 0 Å². The van der Waals surface area contributed by atoms with E-state index in [4.69, 9.17) is 9.84 Å². The van der Waals surface area contributed by atoms with Crippen LogP contribution in [0.15, 0.2) is 53.6 Å². The average Bonchev–Trinajstić information content (AvgIpc) is 3.03. The van der Waals surface area contributed by atoms with Gasteiger partial charge >= 0.3 is 0 Å². The molecule has 26 heavy (non-hydrogen) atoms. The molecule has 0 amide bonds. The summed E-state index contributed by atoms with van der Waals surface area (Å²) >= 11 is 0. The van der Waals surface area contributed by atoms with Crippen molar-refractivity contribution < 1.29 is 9.84 Å². The van der Waals surface area contributed by atoms with Gasteiger partial charge in [0.25, 0.3) is 5.56 Å². The van der Waals surface area contributed by atoms with Gasteiger partial charge in [0.05, 0.1) is 35.4 Å². The van der Waals surface area contributed by atoms with Gasteiger partial charge in [-0.25, -0.2) is 9.50 Å². The molecule has 3 aromatic heterocycles. The first-order chi connectivity index (χ1) is 12.7. The normalized spacial score (nSPS) is 11.5. The van der Waals surface area contributed by atoms with Gasteiger partial charge in [0.15, 0.2) is 5.65 Å². The van der Waals surface area contributed by atoms with Crippen molar-refractivity contribution in [1.29, 1.82) is 0 Å². The van der Waals surface area contributed by atoms with Crippen molar-refractivity contribution in [1.82, 2.24) is 19.2 Å². The minimum Gasteiger partial charge on any atom is -0.395 e. The maximum absolute atomic E-state index is 12.6. The Hall–Kier alpha value is -3.03. The van der Waals surface area contributed by atoms with E-state index in [0.717, 1.165) is 16.8 Å². The maximum Gasteiger partial charge on any atom is 0.261 e. The van der Waals surface area contributed by atoms with Crippen molar-refractivity contribution >= 4 is 16.6 Å². The predicted molar refractivity (Wildman–Crippen MR) is 98.0 cm³/mol. The van der Waals surface area contributed by atoms with Gasteiger partial charge in [-0.1, -0.05) is 30.3 Å². The fourth-order valence-corrected chi connectivity index (χ4v) is 3.18. The first-order valence-corrected chi connectivity index (χ1v) is 8.29. The van der Waals surface area contributed by atoms with Crippen LogP contribution in [0.1, 0.15) is 5.69 Å². The lowest BCUT2D eigenvalue weighted by Crippen LogP contribution is -2.21. The van der Waals surface area contributed by atoms with E-state index in [1.807, 2.05) is 36.4 Å². The lowest BCUT2D eigenvalue weighted by Gasteiger charge is -2.06. The van der Waals surface area contributed by atoms with E-state index in [0.29, 0.717) is 23.2 Å². The molecule has 0 atom stereocenters. The first-order valence-electron chi connectivity index (χ1n) is 8.29. The van der Waals surface area contributed by atoms with Gasteiger partial charge in [-0.3, -0.25) is 4.79 Å². The van der Waals surface area contributed by atoms with Crippen LogP contribution in [-0.4, -0.2) is 38.0 Å². The molecule has 0 aliphatic heterocycles. The zero-order valence-corrected chi connectivity index (χ0v) is 14.3. The van der Waals surface area contributed by atoms with Crippen molar-refractivity contribution in [3.8, 4) is 11.1 Å². The molecule has 1 N–H and O–H groups in total. The molecule has 4 rings (SSSR count). The molecular weight excluding hydrogens is 332 g/mol.